The maximum absolute atomic E-state index is 13.0. The fourth-order valence-electron chi connectivity index (χ4n) is 1.34. The molecule has 0 radical (unpaired) electrons. The number of nitrogens with zero attached hydrogens (tertiary/aromatic N) is 1. The van der Waals surface area contributed by atoms with Crippen molar-refractivity contribution in [3.63, 3.8) is 0 Å². The highest BCUT2D eigenvalue weighted by Gasteiger charge is 2.34. The van der Waals surface area contributed by atoms with Gasteiger partial charge in [-0.3, -0.25) is 0 Å². The normalized spacial score (nSPS) is 11.8. The molecule has 0 aliphatic carbocycles. The Morgan fingerprint density at radius 2 is 1.94 bits per heavy atom. The highest BCUT2D eigenvalue weighted by molar-refractivity contribution is 7.10. The summed E-state index contributed by atoms with van der Waals surface area (Å²) in [5.74, 6) is -0.389. The summed E-state index contributed by atoms with van der Waals surface area (Å²) in [5, 5.41) is 0.421. The molecule has 2 rings (SSSR count). The average Bonchev–Trinajstić information content (AvgIpc) is 2.70. The van der Waals surface area contributed by atoms with Crippen LogP contribution >= 0.6 is 11.3 Å². The zero-order valence-electron chi connectivity index (χ0n) is 8.68. The van der Waals surface area contributed by atoms with Crippen LogP contribution in [0.3, 0.4) is 0 Å². The van der Waals surface area contributed by atoms with E-state index >= 15 is 0 Å². The van der Waals surface area contributed by atoms with E-state index in [0.717, 1.165) is 0 Å². The Bertz CT molecular complexity index is 545. The Balaban J connectivity index is 2.40. The summed E-state index contributed by atoms with van der Waals surface area (Å²) in [6.07, 6.45) is -4.43. The van der Waals surface area contributed by atoms with Crippen LogP contribution in [0.4, 0.5) is 17.6 Å². The summed E-state index contributed by atoms with van der Waals surface area (Å²) < 4.78 is 50.1. The van der Waals surface area contributed by atoms with Crippen molar-refractivity contribution in [1.82, 2.24) is 4.98 Å². The van der Waals surface area contributed by atoms with E-state index in [0.29, 0.717) is 22.5 Å². The number of benzene rings is 1. The van der Waals surface area contributed by atoms with Gasteiger partial charge in [-0.2, -0.15) is 13.2 Å². The highest BCUT2D eigenvalue weighted by Crippen LogP contribution is 2.34. The maximum atomic E-state index is 13.0. The standard InChI is InChI=1S/C11H7F4NS/c1-6-4-7(2-3-8(6)12)9-5-17-10(16-9)11(13,14)15/h2-5H,1H3. The number of alkyl halides is 3. The first-order valence-electron chi connectivity index (χ1n) is 4.67. The molecule has 0 aliphatic heterocycles. The van der Waals surface area contributed by atoms with Crippen molar-refractivity contribution in [2.24, 2.45) is 0 Å². The highest BCUT2D eigenvalue weighted by atomic mass is 32.1. The Labute approximate surface area is 98.7 Å². The second-order valence-electron chi connectivity index (χ2n) is 3.50. The van der Waals surface area contributed by atoms with E-state index in [1.165, 1.54) is 23.6 Å². The zero-order valence-corrected chi connectivity index (χ0v) is 9.49. The summed E-state index contributed by atoms with van der Waals surface area (Å²) in [6.45, 7) is 1.55. The molecule has 0 unspecified atom stereocenters. The van der Waals surface area contributed by atoms with Gasteiger partial charge in [-0.1, -0.05) is 0 Å². The van der Waals surface area contributed by atoms with Gasteiger partial charge in [0.15, 0.2) is 5.01 Å². The number of aryl methyl sites for hydroxylation is 1. The average molecular weight is 261 g/mol. The molecule has 17 heavy (non-hydrogen) atoms. The number of aromatic nitrogens is 1. The van der Waals surface area contributed by atoms with E-state index in [1.807, 2.05) is 0 Å². The van der Waals surface area contributed by atoms with Crippen LogP contribution in [-0.4, -0.2) is 4.98 Å². The van der Waals surface area contributed by atoms with E-state index in [-0.39, 0.29) is 11.5 Å². The SMILES string of the molecule is Cc1cc(-c2csc(C(F)(F)F)n2)ccc1F. The monoisotopic (exact) mass is 261 g/mol. The molecule has 0 saturated carbocycles. The van der Waals surface area contributed by atoms with Crippen molar-refractivity contribution in [1.29, 1.82) is 0 Å². The summed E-state index contributed by atoms with van der Waals surface area (Å²) in [6, 6.07) is 4.11. The largest absolute Gasteiger partial charge is 0.443 e. The van der Waals surface area contributed by atoms with Crippen LogP contribution in [-0.2, 0) is 6.18 Å². The van der Waals surface area contributed by atoms with Gasteiger partial charge in [0.2, 0.25) is 0 Å². The van der Waals surface area contributed by atoms with Gasteiger partial charge in [0.05, 0.1) is 5.69 Å². The fraction of sp³-hybridized carbons (Fsp3) is 0.182. The van der Waals surface area contributed by atoms with Gasteiger partial charge in [0.25, 0.3) is 0 Å². The van der Waals surface area contributed by atoms with Gasteiger partial charge in [-0.05, 0) is 30.7 Å². The molecule has 1 aromatic heterocycles. The van der Waals surface area contributed by atoms with Gasteiger partial charge in [-0.15, -0.1) is 11.3 Å². The van der Waals surface area contributed by atoms with Gasteiger partial charge < -0.3 is 0 Å². The Morgan fingerprint density at radius 3 is 2.47 bits per heavy atom. The number of thiazole rings is 1. The van der Waals surface area contributed by atoms with Crippen LogP contribution in [0, 0.1) is 12.7 Å². The van der Waals surface area contributed by atoms with Crippen LogP contribution in [0.15, 0.2) is 23.6 Å². The fourth-order valence-corrected chi connectivity index (χ4v) is 2.04. The third kappa shape index (κ3) is 2.46. The van der Waals surface area contributed by atoms with Gasteiger partial charge in [0, 0.05) is 10.9 Å². The molecule has 1 nitrogen and oxygen atoms in total. The molecule has 2 aromatic rings. The van der Waals surface area contributed by atoms with Crippen molar-refractivity contribution in [3.05, 3.63) is 40.0 Å². The van der Waals surface area contributed by atoms with Gasteiger partial charge in [0.1, 0.15) is 5.82 Å². The lowest BCUT2D eigenvalue weighted by Crippen LogP contribution is -2.03. The molecule has 0 saturated heterocycles. The first-order chi connectivity index (χ1) is 7.88. The number of halogens is 4. The van der Waals surface area contributed by atoms with Crippen LogP contribution in [0.2, 0.25) is 0 Å². The minimum Gasteiger partial charge on any atom is -0.232 e. The van der Waals surface area contributed by atoms with Crippen LogP contribution in [0.1, 0.15) is 10.6 Å². The maximum Gasteiger partial charge on any atom is 0.443 e. The second-order valence-corrected chi connectivity index (χ2v) is 4.36. The van der Waals surface area contributed by atoms with Crippen molar-refractivity contribution in [2.45, 2.75) is 13.1 Å². The Kier molecular flexibility index (Phi) is 2.91. The zero-order chi connectivity index (χ0) is 12.6. The Morgan fingerprint density at radius 1 is 1.24 bits per heavy atom. The Hall–Kier alpha value is -1.43. The lowest BCUT2D eigenvalue weighted by atomic mass is 10.1. The van der Waals surface area contributed by atoms with E-state index < -0.39 is 11.2 Å². The van der Waals surface area contributed by atoms with E-state index in [9.17, 15) is 17.6 Å². The lowest BCUT2D eigenvalue weighted by molar-refractivity contribution is -0.137. The van der Waals surface area contributed by atoms with Crippen LogP contribution < -0.4 is 0 Å². The minimum absolute atomic E-state index is 0.213. The number of rotatable bonds is 1. The van der Waals surface area contributed by atoms with Crippen molar-refractivity contribution in [3.8, 4) is 11.3 Å². The molecule has 0 bridgehead atoms. The third-order valence-electron chi connectivity index (χ3n) is 2.20. The molecule has 0 amide bonds. The van der Waals surface area contributed by atoms with E-state index in [1.54, 1.807) is 6.92 Å². The molecule has 0 atom stereocenters. The summed E-state index contributed by atoms with van der Waals surface area (Å²) >= 11 is 0.532. The smallest absolute Gasteiger partial charge is 0.232 e. The molecule has 1 aromatic carbocycles. The first kappa shape index (κ1) is 12.0. The first-order valence-corrected chi connectivity index (χ1v) is 5.55. The summed E-state index contributed by atoms with van der Waals surface area (Å²) in [5.41, 5.74) is 1.07. The number of hydrogen-bond donors (Lipinski definition) is 0. The predicted molar refractivity (Wildman–Crippen MR) is 57.2 cm³/mol. The topological polar surface area (TPSA) is 12.9 Å². The molecule has 0 spiro atoms. The van der Waals surface area contributed by atoms with E-state index in [2.05, 4.69) is 4.98 Å². The predicted octanol–water partition coefficient (Wildman–Crippen LogP) is 4.28. The quantitative estimate of drug-likeness (QED) is 0.698. The molecule has 1 heterocycles. The van der Waals surface area contributed by atoms with Crippen molar-refractivity contribution >= 4 is 11.3 Å². The van der Waals surface area contributed by atoms with Crippen LogP contribution in [0.25, 0.3) is 11.3 Å². The minimum atomic E-state index is -4.43. The van der Waals surface area contributed by atoms with E-state index in [4.69, 9.17) is 0 Å². The second kappa shape index (κ2) is 4.10. The van der Waals surface area contributed by atoms with Crippen molar-refractivity contribution < 1.29 is 17.6 Å². The molecular weight excluding hydrogens is 254 g/mol. The molecular formula is C11H7F4NS. The van der Waals surface area contributed by atoms with Gasteiger partial charge >= 0.3 is 6.18 Å². The molecule has 90 valence electrons. The summed E-state index contributed by atoms with van der Waals surface area (Å²) in [7, 11) is 0. The van der Waals surface area contributed by atoms with Crippen LogP contribution in [0.5, 0.6) is 0 Å². The summed E-state index contributed by atoms with van der Waals surface area (Å²) in [4.78, 5) is 3.49. The number of hydrogen-bond acceptors (Lipinski definition) is 2. The van der Waals surface area contributed by atoms with Gasteiger partial charge in [-0.25, -0.2) is 9.37 Å². The molecule has 0 N–H and O–H groups in total. The molecule has 0 fully saturated rings. The van der Waals surface area contributed by atoms with Crippen molar-refractivity contribution in [2.75, 3.05) is 0 Å². The lowest BCUT2D eigenvalue weighted by Gasteiger charge is -2.01. The molecule has 6 heteroatoms. The molecule has 0 aliphatic rings. The third-order valence-corrected chi connectivity index (χ3v) is 3.09.